The second kappa shape index (κ2) is 6.40. The normalized spacial score (nSPS) is 34.6. The number of nitrogens with zero attached hydrogens (tertiary/aromatic N) is 1. The van der Waals surface area contributed by atoms with E-state index in [-0.39, 0.29) is 24.2 Å². The van der Waals surface area contributed by atoms with Gasteiger partial charge in [0.15, 0.2) is 5.78 Å². The lowest BCUT2D eigenvalue weighted by Crippen LogP contribution is -2.45. The molecule has 0 amide bonds. The number of Topliss-reactive ketones (excluding diaryl/α,β-unsaturated/α-hetero) is 1. The summed E-state index contributed by atoms with van der Waals surface area (Å²) in [5.41, 5.74) is 4.35. The van der Waals surface area contributed by atoms with Crippen LogP contribution in [0.1, 0.15) is 25.3 Å². The van der Waals surface area contributed by atoms with Gasteiger partial charge in [-0.05, 0) is 48.8 Å². The first-order valence-corrected chi connectivity index (χ1v) is 8.93. The van der Waals surface area contributed by atoms with Crippen molar-refractivity contribution in [1.29, 1.82) is 5.26 Å². The van der Waals surface area contributed by atoms with E-state index >= 15 is 0 Å². The number of aliphatic carboxylic acids is 1. The van der Waals surface area contributed by atoms with E-state index in [9.17, 15) is 20.0 Å². The van der Waals surface area contributed by atoms with Crippen molar-refractivity contribution in [2.24, 2.45) is 34.3 Å². The third-order valence-electron chi connectivity index (χ3n) is 6.64. The van der Waals surface area contributed by atoms with Crippen LogP contribution in [0.15, 0.2) is 24.3 Å². The highest BCUT2D eigenvalue weighted by molar-refractivity contribution is 5.94. The van der Waals surface area contributed by atoms with Gasteiger partial charge in [0, 0.05) is 5.92 Å². The molecule has 0 radical (unpaired) electrons. The summed E-state index contributed by atoms with van der Waals surface area (Å²) in [6.07, 6.45) is 1.54. The van der Waals surface area contributed by atoms with Gasteiger partial charge in [0.2, 0.25) is 0 Å². The summed E-state index contributed by atoms with van der Waals surface area (Å²) in [5, 5.41) is 19.8. The van der Waals surface area contributed by atoms with Crippen molar-refractivity contribution < 1.29 is 19.4 Å². The van der Waals surface area contributed by atoms with Gasteiger partial charge in [0.25, 0.3) is 0 Å². The summed E-state index contributed by atoms with van der Waals surface area (Å²) in [6, 6.07) is 9.77. The van der Waals surface area contributed by atoms with Crippen LogP contribution in [0.3, 0.4) is 0 Å². The number of carbonyl (C=O) groups is 2. The zero-order chi connectivity index (χ0) is 19.1. The lowest BCUT2D eigenvalue weighted by atomic mass is 9.65. The van der Waals surface area contributed by atoms with Gasteiger partial charge in [0.1, 0.15) is 11.2 Å². The van der Waals surface area contributed by atoms with Crippen LogP contribution in [0, 0.1) is 39.9 Å². The summed E-state index contributed by atoms with van der Waals surface area (Å²) in [4.78, 5) is 24.7. The van der Waals surface area contributed by atoms with E-state index < -0.39 is 22.7 Å². The highest BCUT2D eigenvalue weighted by atomic mass is 16.5. The third-order valence-corrected chi connectivity index (χ3v) is 6.64. The number of carboxylic acid groups (broad SMARTS) is 1. The summed E-state index contributed by atoms with van der Waals surface area (Å²) in [6.45, 7) is 1.58. The first-order valence-electron chi connectivity index (χ1n) is 8.93. The van der Waals surface area contributed by atoms with Crippen LogP contribution in [-0.2, 0) is 16.0 Å². The molecule has 2 aliphatic carbocycles. The van der Waals surface area contributed by atoms with Crippen molar-refractivity contribution in [3.63, 3.8) is 0 Å². The average Bonchev–Trinajstić information content (AvgIpc) is 3.20. The molecular weight excluding hydrogens is 332 g/mol. The first kappa shape index (κ1) is 18.4. The number of nitriles is 1. The van der Waals surface area contributed by atoms with E-state index in [0.29, 0.717) is 19.3 Å². The molecule has 1 aromatic rings. The summed E-state index contributed by atoms with van der Waals surface area (Å²) in [7, 11) is 1.59. The van der Waals surface area contributed by atoms with Gasteiger partial charge in [-0.1, -0.05) is 19.1 Å². The van der Waals surface area contributed by atoms with Crippen molar-refractivity contribution in [1.82, 2.24) is 0 Å². The summed E-state index contributed by atoms with van der Waals surface area (Å²) >= 11 is 0. The summed E-state index contributed by atoms with van der Waals surface area (Å²) in [5.74, 6) is -1.29. The van der Waals surface area contributed by atoms with E-state index in [0.717, 1.165) is 11.3 Å². The molecule has 2 aliphatic rings. The first-order chi connectivity index (χ1) is 12.4. The number of hydrogen-bond acceptors (Lipinski definition) is 5. The molecule has 5 atom stereocenters. The molecule has 0 saturated heterocycles. The zero-order valence-electron chi connectivity index (χ0n) is 15.1. The van der Waals surface area contributed by atoms with E-state index in [4.69, 9.17) is 10.5 Å². The molecule has 6 heteroatoms. The van der Waals surface area contributed by atoms with Crippen molar-refractivity contribution in [3.8, 4) is 11.8 Å². The molecule has 2 saturated carbocycles. The minimum atomic E-state index is -1.31. The van der Waals surface area contributed by atoms with Gasteiger partial charge < -0.3 is 15.6 Å². The molecule has 0 aliphatic heterocycles. The van der Waals surface area contributed by atoms with E-state index in [1.807, 2.05) is 31.2 Å². The number of methoxy groups -OCH3 is 1. The molecule has 26 heavy (non-hydrogen) atoms. The number of ether oxygens (including phenoxy) is 1. The maximum absolute atomic E-state index is 12.8. The van der Waals surface area contributed by atoms with Gasteiger partial charge in [0.05, 0.1) is 25.1 Å². The van der Waals surface area contributed by atoms with Crippen molar-refractivity contribution in [2.75, 3.05) is 13.7 Å². The van der Waals surface area contributed by atoms with Gasteiger partial charge >= 0.3 is 5.97 Å². The van der Waals surface area contributed by atoms with Crippen LogP contribution >= 0.6 is 0 Å². The van der Waals surface area contributed by atoms with Gasteiger partial charge in [-0.25, -0.2) is 0 Å². The highest BCUT2D eigenvalue weighted by Crippen LogP contribution is 2.77. The molecule has 5 unspecified atom stereocenters. The van der Waals surface area contributed by atoms with Crippen LogP contribution in [-0.4, -0.2) is 30.5 Å². The maximum Gasteiger partial charge on any atom is 0.310 e. The van der Waals surface area contributed by atoms with Crippen LogP contribution < -0.4 is 10.5 Å². The number of carboxylic acids is 1. The predicted octanol–water partition coefficient (Wildman–Crippen LogP) is 2.02. The second-order valence-electron chi connectivity index (χ2n) is 7.38. The number of rotatable bonds is 7. The van der Waals surface area contributed by atoms with Crippen molar-refractivity contribution in [2.45, 2.75) is 26.2 Å². The van der Waals surface area contributed by atoms with Crippen molar-refractivity contribution >= 4 is 11.8 Å². The lowest BCUT2D eigenvalue weighted by molar-refractivity contribution is -0.146. The molecule has 138 valence electrons. The second-order valence-corrected chi connectivity index (χ2v) is 7.38. The number of fused-ring (bicyclic) bond motifs is 1. The molecule has 0 spiro atoms. The summed E-state index contributed by atoms with van der Waals surface area (Å²) < 4.78 is 5.16. The Bertz CT molecular complexity index is 769. The SMILES string of the molecule is CCC1(C(=O)O)C2CC(Cc3ccc(OC)cc3)C(C#N)(C(=O)CN)C21. The lowest BCUT2D eigenvalue weighted by Gasteiger charge is -2.33. The van der Waals surface area contributed by atoms with Crippen LogP contribution in [0.4, 0.5) is 0 Å². The Kier molecular flexibility index (Phi) is 4.53. The Labute approximate surface area is 152 Å². The maximum atomic E-state index is 12.8. The fourth-order valence-electron chi connectivity index (χ4n) is 5.34. The molecule has 1 aromatic carbocycles. The molecular formula is C20H24N2O4. The standard InChI is InChI=1S/C20H24N2O4/c1-3-19(18(24)25)15-9-13(8-12-4-6-14(26-2)7-5-12)20(11-22,17(15)19)16(23)10-21/h4-7,13,15,17H,3,8-10,21H2,1-2H3,(H,24,25). The Morgan fingerprint density at radius 2 is 2.04 bits per heavy atom. The van der Waals surface area contributed by atoms with E-state index in [2.05, 4.69) is 6.07 Å². The molecule has 3 N–H and O–H groups in total. The van der Waals surface area contributed by atoms with E-state index in [1.165, 1.54) is 0 Å². The Balaban J connectivity index is 1.95. The average molecular weight is 356 g/mol. The minimum absolute atomic E-state index is 0.136. The third kappa shape index (κ3) is 2.27. The van der Waals surface area contributed by atoms with Gasteiger partial charge in [-0.15, -0.1) is 0 Å². The minimum Gasteiger partial charge on any atom is -0.497 e. The molecule has 6 nitrogen and oxygen atoms in total. The van der Waals surface area contributed by atoms with Crippen LogP contribution in [0.5, 0.6) is 5.75 Å². The fraction of sp³-hybridized carbons (Fsp3) is 0.550. The van der Waals surface area contributed by atoms with Crippen LogP contribution in [0.25, 0.3) is 0 Å². The molecule has 0 heterocycles. The number of ketones is 1. The number of benzene rings is 1. The van der Waals surface area contributed by atoms with Gasteiger partial charge in [-0.3, -0.25) is 9.59 Å². The predicted molar refractivity (Wildman–Crippen MR) is 94.3 cm³/mol. The van der Waals surface area contributed by atoms with Gasteiger partial charge in [-0.2, -0.15) is 5.26 Å². The van der Waals surface area contributed by atoms with Crippen LogP contribution in [0.2, 0.25) is 0 Å². The molecule has 3 rings (SSSR count). The topological polar surface area (TPSA) is 113 Å². The largest absolute Gasteiger partial charge is 0.497 e. The Hall–Kier alpha value is -2.39. The Morgan fingerprint density at radius 3 is 2.50 bits per heavy atom. The quantitative estimate of drug-likeness (QED) is 0.773. The fourth-order valence-corrected chi connectivity index (χ4v) is 5.34. The number of nitrogens with two attached hydrogens (primary N) is 1. The highest BCUT2D eigenvalue weighted by Gasteiger charge is 2.82. The van der Waals surface area contributed by atoms with Crippen molar-refractivity contribution in [3.05, 3.63) is 29.8 Å². The molecule has 0 aromatic heterocycles. The smallest absolute Gasteiger partial charge is 0.310 e. The molecule has 0 bridgehead atoms. The Morgan fingerprint density at radius 1 is 1.38 bits per heavy atom. The zero-order valence-corrected chi connectivity index (χ0v) is 15.1. The monoisotopic (exact) mass is 356 g/mol. The number of hydrogen-bond donors (Lipinski definition) is 2. The number of carbonyl (C=O) groups excluding carboxylic acids is 1. The van der Waals surface area contributed by atoms with E-state index in [1.54, 1.807) is 7.11 Å². The molecule has 2 fully saturated rings.